The summed E-state index contributed by atoms with van der Waals surface area (Å²) < 4.78 is 10.7. The van der Waals surface area contributed by atoms with Gasteiger partial charge in [0.15, 0.2) is 6.10 Å². The first-order valence-corrected chi connectivity index (χ1v) is 29.2. The van der Waals surface area contributed by atoms with Gasteiger partial charge in [-0.15, -0.1) is 0 Å². The van der Waals surface area contributed by atoms with E-state index in [4.69, 9.17) is 9.47 Å². The van der Waals surface area contributed by atoms with E-state index in [0.29, 0.717) is 12.8 Å². The summed E-state index contributed by atoms with van der Waals surface area (Å²) in [6, 6.07) is 0. The molecule has 1 N–H and O–H groups in total. The second-order valence-corrected chi connectivity index (χ2v) is 19.7. The van der Waals surface area contributed by atoms with Gasteiger partial charge >= 0.3 is 11.9 Å². The van der Waals surface area contributed by atoms with Gasteiger partial charge in [-0.1, -0.05) is 268 Å². The summed E-state index contributed by atoms with van der Waals surface area (Å²) in [6.45, 7) is 4.16. The molecule has 0 heterocycles. The minimum atomic E-state index is -0.772. The maximum absolute atomic E-state index is 12.3. The molecule has 0 aliphatic carbocycles. The van der Waals surface area contributed by atoms with Crippen LogP contribution in [-0.2, 0) is 19.1 Å². The third kappa shape index (κ3) is 54.5. The molecule has 0 aromatic rings. The van der Waals surface area contributed by atoms with Gasteiger partial charge in [0, 0.05) is 12.8 Å². The van der Waals surface area contributed by atoms with E-state index in [2.05, 4.69) is 62.5 Å². The van der Waals surface area contributed by atoms with E-state index in [1.807, 2.05) is 0 Å². The molecule has 386 valence electrons. The highest BCUT2D eigenvalue weighted by Gasteiger charge is 2.16. The molecular weight excluding hydrogens is 813 g/mol. The van der Waals surface area contributed by atoms with Crippen LogP contribution in [0.1, 0.15) is 309 Å². The molecule has 0 bridgehead atoms. The van der Waals surface area contributed by atoms with Gasteiger partial charge in [0.2, 0.25) is 0 Å². The van der Waals surface area contributed by atoms with Crippen LogP contribution in [0.5, 0.6) is 0 Å². The molecule has 0 aromatic carbocycles. The number of hydrogen-bond acceptors (Lipinski definition) is 5. The number of carbonyl (C=O) groups is 2. The standard InChI is InChI=1S/C61H112O5/c1-3-5-7-9-11-13-15-17-19-21-23-24-25-26-27-28-29-30-31-32-33-34-35-36-38-40-42-44-46-48-50-52-54-56-61(64)66-59(57-62)58-65-60(63)55-53-51-49-47-45-43-41-39-37-22-20-18-16-14-12-10-8-6-4-2/h15,17-18,20-21,23,25-26,59,62H,3-14,16,19,22,24,27-58H2,1-2H3/b17-15-,20-18-,23-21-,26-25-. The monoisotopic (exact) mass is 925 g/mol. The Morgan fingerprint density at radius 3 is 0.924 bits per heavy atom. The van der Waals surface area contributed by atoms with Crippen molar-refractivity contribution in [3.05, 3.63) is 48.6 Å². The lowest BCUT2D eigenvalue weighted by molar-refractivity contribution is -0.161. The number of carbonyl (C=O) groups excluding carboxylic acids is 2. The number of esters is 2. The Bertz CT molecular complexity index is 1090. The lowest BCUT2D eigenvalue weighted by Gasteiger charge is -2.15. The minimum Gasteiger partial charge on any atom is -0.462 e. The summed E-state index contributed by atoms with van der Waals surface area (Å²) in [6.07, 6.45) is 75.2. The normalized spacial score (nSPS) is 12.5. The van der Waals surface area contributed by atoms with Gasteiger partial charge in [-0.05, 0) is 77.0 Å². The molecule has 0 saturated carbocycles. The molecular formula is C61H112O5. The van der Waals surface area contributed by atoms with Crippen molar-refractivity contribution >= 4 is 11.9 Å². The minimum absolute atomic E-state index is 0.0636. The van der Waals surface area contributed by atoms with Crippen molar-refractivity contribution in [1.82, 2.24) is 0 Å². The fourth-order valence-electron chi connectivity index (χ4n) is 8.68. The smallest absolute Gasteiger partial charge is 0.306 e. The molecule has 0 radical (unpaired) electrons. The van der Waals surface area contributed by atoms with Crippen LogP contribution in [0, 0.1) is 0 Å². The van der Waals surface area contributed by atoms with Crippen LogP contribution in [0.3, 0.4) is 0 Å². The molecule has 0 fully saturated rings. The summed E-state index contributed by atoms with van der Waals surface area (Å²) >= 11 is 0. The fourth-order valence-corrected chi connectivity index (χ4v) is 8.68. The number of aliphatic hydroxyl groups is 1. The average molecular weight is 926 g/mol. The number of allylic oxidation sites excluding steroid dienone is 8. The molecule has 0 saturated heterocycles. The van der Waals surface area contributed by atoms with Gasteiger partial charge in [0.1, 0.15) is 6.61 Å². The van der Waals surface area contributed by atoms with Crippen LogP contribution in [-0.4, -0.2) is 36.4 Å². The van der Waals surface area contributed by atoms with Gasteiger partial charge in [-0.2, -0.15) is 0 Å². The first-order chi connectivity index (χ1) is 32.6. The zero-order valence-corrected chi connectivity index (χ0v) is 44.2. The number of aliphatic hydroxyl groups excluding tert-OH is 1. The summed E-state index contributed by atoms with van der Waals surface area (Å²) in [4.78, 5) is 24.5. The molecule has 0 aromatic heterocycles. The van der Waals surface area contributed by atoms with Crippen LogP contribution in [0.4, 0.5) is 0 Å². The Balaban J connectivity index is 3.44. The van der Waals surface area contributed by atoms with Gasteiger partial charge < -0.3 is 14.6 Å². The Labute approximate surface area is 411 Å². The first kappa shape index (κ1) is 63.9. The second kappa shape index (κ2) is 57.2. The fraction of sp³-hybridized carbons (Fsp3) is 0.836. The van der Waals surface area contributed by atoms with Gasteiger partial charge in [-0.3, -0.25) is 9.59 Å². The number of ether oxygens (including phenoxy) is 2. The quantitative estimate of drug-likeness (QED) is 0.0374. The third-order valence-electron chi connectivity index (χ3n) is 13.1. The molecule has 5 nitrogen and oxygen atoms in total. The molecule has 1 unspecified atom stereocenters. The van der Waals surface area contributed by atoms with Crippen LogP contribution in [0.15, 0.2) is 48.6 Å². The largest absolute Gasteiger partial charge is 0.462 e. The van der Waals surface area contributed by atoms with Crippen LogP contribution in [0.2, 0.25) is 0 Å². The zero-order chi connectivity index (χ0) is 47.7. The predicted octanol–water partition coefficient (Wildman–Crippen LogP) is 19.6. The number of hydrogen-bond donors (Lipinski definition) is 1. The molecule has 0 spiro atoms. The van der Waals surface area contributed by atoms with Gasteiger partial charge in [0.25, 0.3) is 0 Å². The Morgan fingerprint density at radius 1 is 0.348 bits per heavy atom. The van der Waals surface area contributed by atoms with E-state index in [9.17, 15) is 14.7 Å². The van der Waals surface area contributed by atoms with Crippen molar-refractivity contribution in [2.45, 2.75) is 315 Å². The second-order valence-electron chi connectivity index (χ2n) is 19.7. The van der Waals surface area contributed by atoms with Gasteiger partial charge in [0.05, 0.1) is 6.61 Å². The SMILES string of the molecule is CCCCCCC/C=C\C/C=C\C/C=C\CCCCCCCCCCCCCCCCCCCCC(=O)OC(CO)COC(=O)CCCCCCCCCCC/C=C\CCCCCCCC. The Morgan fingerprint density at radius 2 is 0.606 bits per heavy atom. The lowest BCUT2D eigenvalue weighted by atomic mass is 10.0. The third-order valence-corrected chi connectivity index (χ3v) is 13.1. The van der Waals surface area contributed by atoms with E-state index >= 15 is 0 Å². The summed E-state index contributed by atoms with van der Waals surface area (Å²) in [5, 5.41) is 9.65. The molecule has 1 atom stereocenters. The topological polar surface area (TPSA) is 72.8 Å². The van der Waals surface area contributed by atoms with Crippen molar-refractivity contribution in [2.24, 2.45) is 0 Å². The highest BCUT2D eigenvalue weighted by atomic mass is 16.6. The highest BCUT2D eigenvalue weighted by molar-refractivity contribution is 5.70. The molecule has 5 heteroatoms. The van der Waals surface area contributed by atoms with Gasteiger partial charge in [-0.25, -0.2) is 0 Å². The highest BCUT2D eigenvalue weighted by Crippen LogP contribution is 2.17. The van der Waals surface area contributed by atoms with E-state index in [1.54, 1.807) is 0 Å². The maximum Gasteiger partial charge on any atom is 0.306 e. The van der Waals surface area contributed by atoms with Crippen LogP contribution < -0.4 is 0 Å². The molecule has 66 heavy (non-hydrogen) atoms. The Kier molecular flexibility index (Phi) is 55.3. The van der Waals surface area contributed by atoms with Crippen LogP contribution >= 0.6 is 0 Å². The van der Waals surface area contributed by atoms with Crippen molar-refractivity contribution in [3.8, 4) is 0 Å². The van der Waals surface area contributed by atoms with E-state index in [0.717, 1.165) is 51.4 Å². The molecule has 0 aliphatic heterocycles. The van der Waals surface area contributed by atoms with Crippen molar-refractivity contribution in [1.29, 1.82) is 0 Å². The number of unbranched alkanes of at least 4 members (excludes halogenated alkanes) is 38. The summed E-state index contributed by atoms with van der Waals surface area (Å²) in [5.74, 6) is -0.579. The Hall–Kier alpha value is -2.14. The van der Waals surface area contributed by atoms with Crippen LogP contribution in [0.25, 0.3) is 0 Å². The van der Waals surface area contributed by atoms with E-state index in [1.165, 1.54) is 231 Å². The van der Waals surface area contributed by atoms with E-state index in [-0.39, 0.29) is 25.2 Å². The summed E-state index contributed by atoms with van der Waals surface area (Å²) in [5.41, 5.74) is 0. The first-order valence-electron chi connectivity index (χ1n) is 29.2. The lowest BCUT2D eigenvalue weighted by Crippen LogP contribution is -2.28. The van der Waals surface area contributed by atoms with Crippen molar-refractivity contribution in [3.63, 3.8) is 0 Å². The predicted molar refractivity (Wildman–Crippen MR) is 288 cm³/mol. The average Bonchev–Trinajstić information content (AvgIpc) is 3.32. The van der Waals surface area contributed by atoms with Crippen molar-refractivity contribution in [2.75, 3.05) is 13.2 Å². The molecule has 0 rings (SSSR count). The zero-order valence-electron chi connectivity index (χ0n) is 44.2. The van der Waals surface area contributed by atoms with E-state index < -0.39 is 6.10 Å². The summed E-state index contributed by atoms with van der Waals surface area (Å²) in [7, 11) is 0. The molecule has 0 aliphatic rings. The maximum atomic E-state index is 12.3. The molecule has 0 amide bonds. The number of rotatable bonds is 54. The van der Waals surface area contributed by atoms with Crippen molar-refractivity contribution < 1.29 is 24.2 Å².